The standard InChI is InChI=1S/C12H18N4O7/c1-22-8-7(18)6(4-17)23-10(8)16-3-5(2-14-11(13)20)9(19)15-12(16)21/h3,6-8,10,17-18H,2,4H2,1H3,(H3,13,14,20)(H,15,19,21)/t6-,7-,8-,10-/m1/s1. The number of rotatable bonds is 5. The summed E-state index contributed by atoms with van der Waals surface area (Å²) in [5.41, 5.74) is 3.53. The molecule has 1 aliphatic rings. The number of urea groups is 1. The molecular weight excluding hydrogens is 312 g/mol. The quantitative estimate of drug-likeness (QED) is 0.382. The first-order valence-corrected chi connectivity index (χ1v) is 6.73. The van der Waals surface area contributed by atoms with Gasteiger partial charge in [0.25, 0.3) is 5.56 Å². The molecule has 2 rings (SSSR count). The molecule has 0 spiro atoms. The van der Waals surface area contributed by atoms with Crippen LogP contribution in [0.5, 0.6) is 0 Å². The van der Waals surface area contributed by atoms with Crippen LogP contribution in [0.3, 0.4) is 0 Å². The summed E-state index contributed by atoms with van der Waals surface area (Å²) in [4.78, 5) is 36.5. The summed E-state index contributed by atoms with van der Waals surface area (Å²) in [5, 5.41) is 21.4. The van der Waals surface area contributed by atoms with Gasteiger partial charge in [0.1, 0.15) is 18.3 Å². The molecule has 1 aliphatic heterocycles. The number of hydrogen-bond acceptors (Lipinski definition) is 7. The number of amides is 2. The third-order valence-corrected chi connectivity index (χ3v) is 3.53. The maximum atomic E-state index is 12.0. The fraction of sp³-hybridized carbons (Fsp3) is 0.583. The average Bonchev–Trinajstić information content (AvgIpc) is 2.82. The molecule has 1 aromatic rings. The molecule has 1 fully saturated rings. The number of aliphatic hydroxyl groups is 2. The number of H-pyrrole nitrogens is 1. The van der Waals surface area contributed by atoms with Crippen molar-refractivity contribution in [2.45, 2.75) is 31.1 Å². The van der Waals surface area contributed by atoms with Crippen LogP contribution in [0.2, 0.25) is 0 Å². The Labute approximate surface area is 129 Å². The Hall–Kier alpha value is -2.21. The number of aliphatic hydroxyl groups excluding tert-OH is 2. The van der Waals surface area contributed by atoms with Gasteiger partial charge in [-0.1, -0.05) is 0 Å². The highest BCUT2D eigenvalue weighted by atomic mass is 16.6. The molecule has 11 heteroatoms. The molecule has 11 nitrogen and oxygen atoms in total. The Morgan fingerprint density at radius 2 is 2.26 bits per heavy atom. The largest absolute Gasteiger partial charge is 0.394 e. The van der Waals surface area contributed by atoms with Gasteiger partial charge >= 0.3 is 11.7 Å². The molecule has 128 valence electrons. The van der Waals surface area contributed by atoms with Crippen molar-refractivity contribution in [3.63, 3.8) is 0 Å². The Morgan fingerprint density at radius 3 is 2.83 bits per heavy atom. The zero-order valence-corrected chi connectivity index (χ0v) is 12.3. The van der Waals surface area contributed by atoms with E-state index in [9.17, 15) is 24.6 Å². The monoisotopic (exact) mass is 330 g/mol. The van der Waals surface area contributed by atoms with Gasteiger partial charge in [-0.25, -0.2) is 9.59 Å². The first-order valence-electron chi connectivity index (χ1n) is 6.73. The van der Waals surface area contributed by atoms with E-state index in [-0.39, 0.29) is 12.1 Å². The Kier molecular flexibility index (Phi) is 5.15. The van der Waals surface area contributed by atoms with Gasteiger partial charge in [-0.15, -0.1) is 0 Å². The van der Waals surface area contributed by atoms with Gasteiger partial charge in [-0.2, -0.15) is 0 Å². The van der Waals surface area contributed by atoms with Crippen molar-refractivity contribution in [2.24, 2.45) is 5.73 Å². The number of nitrogens with zero attached hydrogens (tertiary/aromatic N) is 1. The molecule has 0 radical (unpaired) electrons. The van der Waals surface area contributed by atoms with Crippen molar-refractivity contribution >= 4 is 6.03 Å². The van der Waals surface area contributed by atoms with Crippen LogP contribution in [0.4, 0.5) is 4.79 Å². The summed E-state index contributed by atoms with van der Waals surface area (Å²) < 4.78 is 11.6. The fourth-order valence-corrected chi connectivity index (χ4v) is 2.37. The molecule has 0 aromatic carbocycles. The summed E-state index contributed by atoms with van der Waals surface area (Å²) in [7, 11) is 1.32. The summed E-state index contributed by atoms with van der Waals surface area (Å²) in [6.07, 6.45) is -2.88. The highest BCUT2D eigenvalue weighted by Crippen LogP contribution is 2.30. The maximum absolute atomic E-state index is 12.0. The lowest BCUT2D eigenvalue weighted by atomic mass is 10.1. The summed E-state index contributed by atoms with van der Waals surface area (Å²) in [6, 6.07) is -0.829. The Bertz CT molecular complexity index is 685. The highest BCUT2D eigenvalue weighted by molar-refractivity contribution is 5.71. The van der Waals surface area contributed by atoms with Crippen LogP contribution >= 0.6 is 0 Å². The molecule has 0 unspecified atom stereocenters. The van der Waals surface area contributed by atoms with E-state index in [4.69, 9.17) is 15.2 Å². The van der Waals surface area contributed by atoms with E-state index in [1.807, 2.05) is 0 Å². The van der Waals surface area contributed by atoms with Gasteiger partial charge in [0, 0.05) is 13.3 Å². The summed E-state index contributed by atoms with van der Waals surface area (Å²) in [5.74, 6) is 0. The second kappa shape index (κ2) is 6.91. The second-order valence-corrected chi connectivity index (χ2v) is 4.98. The van der Waals surface area contributed by atoms with Gasteiger partial charge < -0.3 is 30.7 Å². The lowest BCUT2D eigenvalue weighted by molar-refractivity contribution is -0.0626. The molecule has 2 heterocycles. The van der Waals surface area contributed by atoms with Crippen LogP contribution in [0.15, 0.2) is 15.8 Å². The number of ether oxygens (including phenoxy) is 2. The SMILES string of the molecule is CO[C@@H]1[C@H](O)[C@@H](CO)O[C@H]1n1cc(CNC(N)=O)c(=O)[nH]c1=O. The van der Waals surface area contributed by atoms with Gasteiger partial charge in [0.15, 0.2) is 6.23 Å². The van der Waals surface area contributed by atoms with Crippen molar-refractivity contribution in [1.29, 1.82) is 0 Å². The van der Waals surface area contributed by atoms with Crippen molar-refractivity contribution < 1.29 is 24.5 Å². The molecule has 1 aromatic heterocycles. The zero-order valence-electron chi connectivity index (χ0n) is 12.3. The van der Waals surface area contributed by atoms with Crippen LogP contribution in [0, 0.1) is 0 Å². The van der Waals surface area contributed by atoms with E-state index < -0.39 is 48.4 Å². The number of methoxy groups -OCH3 is 1. The number of aromatic amines is 1. The van der Waals surface area contributed by atoms with Gasteiger partial charge in [0.05, 0.1) is 18.7 Å². The van der Waals surface area contributed by atoms with Gasteiger partial charge in [0.2, 0.25) is 0 Å². The minimum absolute atomic E-state index is 0.0591. The van der Waals surface area contributed by atoms with Crippen LogP contribution < -0.4 is 22.3 Å². The number of nitrogens with one attached hydrogen (secondary N) is 2. The number of aromatic nitrogens is 2. The zero-order chi connectivity index (χ0) is 17.1. The van der Waals surface area contributed by atoms with E-state index in [0.29, 0.717) is 0 Å². The van der Waals surface area contributed by atoms with Gasteiger partial charge in [-0.05, 0) is 0 Å². The third kappa shape index (κ3) is 3.42. The molecule has 1 saturated heterocycles. The van der Waals surface area contributed by atoms with Crippen LogP contribution in [-0.2, 0) is 16.0 Å². The Morgan fingerprint density at radius 1 is 1.57 bits per heavy atom. The minimum atomic E-state index is -1.15. The summed E-state index contributed by atoms with van der Waals surface area (Å²) >= 11 is 0. The fourth-order valence-electron chi connectivity index (χ4n) is 2.37. The molecular formula is C12H18N4O7. The van der Waals surface area contributed by atoms with E-state index in [1.165, 1.54) is 13.3 Å². The average molecular weight is 330 g/mol. The lowest BCUT2D eigenvalue weighted by Gasteiger charge is -2.20. The highest BCUT2D eigenvalue weighted by Gasteiger charge is 2.45. The normalized spacial score (nSPS) is 27.1. The molecule has 2 amide bonds. The summed E-state index contributed by atoms with van der Waals surface area (Å²) in [6.45, 7) is -0.660. The second-order valence-electron chi connectivity index (χ2n) is 4.98. The lowest BCUT2D eigenvalue weighted by Crippen LogP contribution is -2.41. The minimum Gasteiger partial charge on any atom is -0.394 e. The maximum Gasteiger partial charge on any atom is 0.330 e. The first kappa shape index (κ1) is 17.1. The molecule has 23 heavy (non-hydrogen) atoms. The van der Waals surface area contributed by atoms with E-state index in [1.54, 1.807) is 0 Å². The van der Waals surface area contributed by atoms with Crippen molar-refractivity contribution in [3.8, 4) is 0 Å². The third-order valence-electron chi connectivity index (χ3n) is 3.53. The predicted octanol–water partition coefficient (Wildman–Crippen LogP) is -3.03. The number of carbonyl (C=O) groups is 1. The number of nitrogens with two attached hydrogens (primary N) is 1. The van der Waals surface area contributed by atoms with Crippen LogP contribution in [0.1, 0.15) is 11.8 Å². The molecule has 6 N–H and O–H groups in total. The molecule has 0 saturated carbocycles. The molecule has 0 aliphatic carbocycles. The van der Waals surface area contributed by atoms with Gasteiger partial charge in [-0.3, -0.25) is 14.3 Å². The van der Waals surface area contributed by atoms with Crippen LogP contribution in [-0.4, -0.2) is 57.8 Å². The molecule has 0 bridgehead atoms. The van der Waals surface area contributed by atoms with Crippen molar-refractivity contribution in [2.75, 3.05) is 13.7 Å². The number of hydrogen-bond donors (Lipinski definition) is 5. The first-order chi connectivity index (χ1) is 10.9. The predicted molar refractivity (Wildman–Crippen MR) is 75.5 cm³/mol. The van der Waals surface area contributed by atoms with Crippen molar-refractivity contribution in [3.05, 3.63) is 32.6 Å². The topological polar surface area (TPSA) is 169 Å². The number of carbonyl (C=O) groups excluding carboxylic acids is 1. The number of primary amides is 1. The van der Waals surface area contributed by atoms with E-state index in [2.05, 4.69) is 10.3 Å². The Balaban J connectivity index is 2.38. The van der Waals surface area contributed by atoms with E-state index >= 15 is 0 Å². The van der Waals surface area contributed by atoms with E-state index in [0.717, 1.165) is 4.57 Å². The molecule has 4 atom stereocenters. The van der Waals surface area contributed by atoms with Crippen molar-refractivity contribution in [1.82, 2.24) is 14.9 Å². The van der Waals surface area contributed by atoms with Crippen LogP contribution in [0.25, 0.3) is 0 Å². The smallest absolute Gasteiger partial charge is 0.330 e.